The molecule has 20 heavy (non-hydrogen) atoms. The van der Waals surface area contributed by atoms with Crippen LogP contribution in [0.3, 0.4) is 0 Å². The van der Waals surface area contributed by atoms with Crippen LogP contribution in [0.2, 0.25) is 0 Å². The van der Waals surface area contributed by atoms with E-state index in [9.17, 15) is 0 Å². The maximum Gasteiger partial charge on any atom is 0.207 e. The Hall–Kier alpha value is -1.81. The fourth-order valence-electron chi connectivity index (χ4n) is 3.09. The normalized spacial score (nSPS) is 16.6. The maximum absolute atomic E-state index is 8.33. The molecule has 2 heterocycles. The van der Waals surface area contributed by atoms with Crippen LogP contribution in [0.4, 0.5) is 0 Å². The number of hydrogen-bond donors (Lipinski definition) is 1. The molecule has 1 aliphatic heterocycles. The lowest BCUT2D eigenvalue weighted by molar-refractivity contribution is 0.220. The third kappa shape index (κ3) is 2.31. The predicted octanol–water partition coefficient (Wildman–Crippen LogP) is 2.51. The monoisotopic (exact) mass is 270 g/mol. The molecular weight excluding hydrogens is 248 g/mol. The van der Waals surface area contributed by atoms with Gasteiger partial charge in [0.15, 0.2) is 0 Å². The summed E-state index contributed by atoms with van der Waals surface area (Å²) in [5.41, 5.74) is 2.69. The number of aromatic nitrogens is 2. The summed E-state index contributed by atoms with van der Waals surface area (Å²) >= 11 is 0. The lowest BCUT2D eigenvalue weighted by atomic mass is 10.1. The summed E-state index contributed by atoms with van der Waals surface area (Å²) in [5.74, 6) is 0. The molecule has 0 atom stereocenters. The first-order chi connectivity index (χ1) is 9.81. The highest BCUT2D eigenvalue weighted by atomic mass is 15.2. The number of hydrogen-bond acceptors (Lipinski definition) is 2. The van der Waals surface area contributed by atoms with Crippen molar-refractivity contribution in [1.29, 1.82) is 5.41 Å². The zero-order valence-electron chi connectivity index (χ0n) is 11.9. The van der Waals surface area contributed by atoms with Gasteiger partial charge in [-0.25, -0.2) is 0 Å². The lowest BCUT2D eigenvalue weighted by Crippen LogP contribution is -2.34. The summed E-state index contributed by atoms with van der Waals surface area (Å²) in [6.07, 6.45) is 5.71. The predicted molar refractivity (Wildman–Crippen MR) is 82.5 cm³/mol. The number of nitrogens with zero attached hydrogens (tertiary/aromatic N) is 3. The minimum absolute atomic E-state index is 0.512. The van der Waals surface area contributed by atoms with E-state index in [0.717, 1.165) is 24.1 Å². The van der Waals surface area contributed by atoms with Crippen LogP contribution in [0.1, 0.15) is 19.3 Å². The fourth-order valence-corrected chi connectivity index (χ4v) is 3.09. The molecule has 0 radical (unpaired) electrons. The molecule has 1 fully saturated rings. The minimum Gasteiger partial charge on any atom is -0.309 e. The topological polar surface area (TPSA) is 37.0 Å². The van der Waals surface area contributed by atoms with Gasteiger partial charge in [0, 0.05) is 19.3 Å². The quantitative estimate of drug-likeness (QED) is 0.910. The van der Waals surface area contributed by atoms with Crippen LogP contribution >= 0.6 is 0 Å². The highest BCUT2D eigenvalue weighted by Crippen LogP contribution is 2.14. The number of rotatable bonds is 4. The summed E-state index contributed by atoms with van der Waals surface area (Å²) in [6.45, 7) is 8.13. The molecular formula is C16H22N4. The standard InChI is InChI=1S/C16H22N4/c1-2-19-14-8-4-5-9-15(14)20(16(19)17)13-12-18-10-6-3-7-11-18/h2,4-5,8-9,17H,1,3,6-7,10-13H2. The van der Waals surface area contributed by atoms with E-state index in [2.05, 4.69) is 22.1 Å². The van der Waals surface area contributed by atoms with Crippen LogP contribution in [0, 0.1) is 5.41 Å². The van der Waals surface area contributed by atoms with Crippen LogP contribution in [0.5, 0.6) is 0 Å². The Labute approximate surface area is 119 Å². The average molecular weight is 270 g/mol. The Bertz CT molecular complexity index is 659. The van der Waals surface area contributed by atoms with Crippen molar-refractivity contribution in [3.05, 3.63) is 36.5 Å². The van der Waals surface area contributed by atoms with E-state index in [1.165, 1.54) is 32.4 Å². The molecule has 4 nitrogen and oxygen atoms in total. The SMILES string of the molecule is C=Cn1c(=N)n(CCN2CCCCC2)c2ccccc21. The zero-order valence-corrected chi connectivity index (χ0v) is 11.9. The van der Waals surface area contributed by atoms with Gasteiger partial charge in [0.1, 0.15) is 0 Å². The Balaban J connectivity index is 1.89. The van der Waals surface area contributed by atoms with Crippen molar-refractivity contribution in [2.75, 3.05) is 19.6 Å². The molecule has 1 N–H and O–H groups in total. The average Bonchev–Trinajstić information content (AvgIpc) is 2.77. The van der Waals surface area contributed by atoms with E-state index >= 15 is 0 Å². The largest absolute Gasteiger partial charge is 0.309 e. The van der Waals surface area contributed by atoms with Gasteiger partial charge in [-0.2, -0.15) is 0 Å². The van der Waals surface area contributed by atoms with Gasteiger partial charge in [-0.1, -0.05) is 25.1 Å². The van der Waals surface area contributed by atoms with E-state index in [0.29, 0.717) is 5.62 Å². The Morgan fingerprint density at radius 3 is 2.45 bits per heavy atom. The van der Waals surface area contributed by atoms with Gasteiger partial charge < -0.3 is 9.47 Å². The maximum atomic E-state index is 8.33. The fraction of sp³-hybridized carbons (Fsp3) is 0.438. The van der Waals surface area contributed by atoms with Crippen molar-refractivity contribution >= 4 is 17.2 Å². The number of fused-ring (bicyclic) bond motifs is 1. The molecule has 0 bridgehead atoms. The summed E-state index contributed by atoms with van der Waals surface area (Å²) < 4.78 is 3.94. The smallest absolute Gasteiger partial charge is 0.207 e. The molecule has 0 aliphatic carbocycles. The van der Waals surface area contributed by atoms with Crippen molar-refractivity contribution < 1.29 is 0 Å². The molecule has 1 saturated heterocycles. The third-order valence-corrected chi connectivity index (χ3v) is 4.19. The van der Waals surface area contributed by atoms with Gasteiger partial charge in [-0.15, -0.1) is 0 Å². The number of imidazole rings is 1. The van der Waals surface area contributed by atoms with Crippen LogP contribution < -0.4 is 5.62 Å². The molecule has 4 heteroatoms. The number of para-hydroxylation sites is 2. The molecule has 106 valence electrons. The van der Waals surface area contributed by atoms with Crippen molar-refractivity contribution in [3.63, 3.8) is 0 Å². The van der Waals surface area contributed by atoms with E-state index in [1.54, 1.807) is 6.20 Å². The lowest BCUT2D eigenvalue weighted by Gasteiger charge is -2.26. The molecule has 2 aromatic rings. The molecule has 0 saturated carbocycles. The number of benzene rings is 1. The molecule has 3 rings (SSSR count). The Morgan fingerprint density at radius 1 is 1.05 bits per heavy atom. The van der Waals surface area contributed by atoms with Crippen molar-refractivity contribution in [3.8, 4) is 0 Å². The highest BCUT2D eigenvalue weighted by molar-refractivity contribution is 5.77. The van der Waals surface area contributed by atoms with Gasteiger partial charge in [0.25, 0.3) is 0 Å². The van der Waals surface area contributed by atoms with Crippen molar-refractivity contribution in [2.45, 2.75) is 25.8 Å². The van der Waals surface area contributed by atoms with E-state index in [4.69, 9.17) is 5.41 Å². The van der Waals surface area contributed by atoms with E-state index < -0.39 is 0 Å². The second-order valence-corrected chi connectivity index (χ2v) is 5.42. The molecule has 1 aliphatic rings. The zero-order chi connectivity index (χ0) is 13.9. The molecule has 0 unspecified atom stereocenters. The first kappa shape index (κ1) is 13.2. The van der Waals surface area contributed by atoms with E-state index in [-0.39, 0.29) is 0 Å². The number of piperidine rings is 1. The van der Waals surface area contributed by atoms with Crippen LogP contribution in [-0.2, 0) is 6.54 Å². The number of nitrogens with one attached hydrogen (secondary N) is 1. The number of likely N-dealkylation sites (tertiary alicyclic amines) is 1. The second-order valence-electron chi connectivity index (χ2n) is 5.42. The Kier molecular flexibility index (Phi) is 3.74. The van der Waals surface area contributed by atoms with Crippen molar-refractivity contribution in [2.24, 2.45) is 0 Å². The van der Waals surface area contributed by atoms with Gasteiger partial charge in [-0.05, 0) is 38.1 Å². The van der Waals surface area contributed by atoms with Crippen LogP contribution in [0.15, 0.2) is 30.8 Å². The van der Waals surface area contributed by atoms with Gasteiger partial charge in [0.2, 0.25) is 5.62 Å². The third-order valence-electron chi connectivity index (χ3n) is 4.19. The summed E-state index contributed by atoms with van der Waals surface area (Å²) in [6, 6.07) is 8.18. The Morgan fingerprint density at radius 2 is 1.75 bits per heavy atom. The van der Waals surface area contributed by atoms with Gasteiger partial charge in [0.05, 0.1) is 11.0 Å². The molecule has 1 aromatic carbocycles. The summed E-state index contributed by atoms with van der Waals surface area (Å²) in [7, 11) is 0. The van der Waals surface area contributed by atoms with Gasteiger partial charge >= 0.3 is 0 Å². The van der Waals surface area contributed by atoms with Crippen molar-refractivity contribution in [1.82, 2.24) is 14.0 Å². The molecule has 0 spiro atoms. The molecule has 1 aromatic heterocycles. The highest BCUT2D eigenvalue weighted by Gasteiger charge is 2.12. The summed E-state index contributed by atoms with van der Waals surface area (Å²) in [4.78, 5) is 2.51. The minimum atomic E-state index is 0.512. The summed E-state index contributed by atoms with van der Waals surface area (Å²) in [5, 5.41) is 8.33. The van der Waals surface area contributed by atoms with Crippen LogP contribution in [-0.4, -0.2) is 33.7 Å². The molecule has 0 amide bonds. The second kappa shape index (κ2) is 5.67. The van der Waals surface area contributed by atoms with E-state index in [1.807, 2.05) is 22.8 Å². The van der Waals surface area contributed by atoms with Crippen LogP contribution in [0.25, 0.3) is 17.2 Å². The first-order valence-electron chi connectivity index (χ1n) is 7.40. The van der Waals surface area contributed by atoms with Gasteiger partial charge in [-0.3, -0.25) is 9.98 Å². The first-order valence-corrected chi connectivity index (χ1v) is 7.40.